The van der Waals surface area contributed by atoms with Gasteiger partial charge < -0.3 is 4.74 Å². The van der Waals surface area contributed by atoms with Crippen LogP contribution in [-0.4, -0.2) is 39.9 Å². The third kappa shape index (κ3) is 3.63. The Balaban J connectivity index is 1.56. The highest BCUT2D eigenvalue weighted by Gasteiger charge is 2.32. The Morgan fingerprint density at radius 1 is 1.31 bits per heavy atom. The molecule has 2 N–H and O–H groups in total. The molecule has 0 aliphatic carbocycles. The highest BCUT2D eigenvalue weighted by atomic mass is 19.3. The lowest BCUT2D eigenvalue weighted by Crippen LogP contribution is -2.42. The van der Waals surface area contributed by atoms with Crippen LogP contribution in [0.25, 0.3) is 0 Å². The molecule has 8 nitrogen and oxygen atoms in total. The number of aromatic nitrogens is 2. The molecule has 10 heteroatoms. The Morgan fingerprint density at radius 2 is 2.10 bits per heavy atom. The minimum atomic E-state index is -2.64. The summed E-state index contributed by atoms with van der Waals surface area (Å²) in [4.78, 5) is 20.3. The van der Waals surface area contributed by atoms with Crippen molar-refractivity contribution in [1.29, 1.82) is 0 Å². The van der Waals surface area contributed by atoms with Crippen LogP contribution >= 0.6 is 0 Å². The first-order valence-corrected chi connectivity index (χ1v) is 9.25. The van der Waals surface area contributed by atoms with Gasteiger partial charge in [-0.1, -0.05) is 18.2 Å². The second-order valence-corrected chi connectivity index (χ2v) is 6.72. The van der Waals surface area contributed by atoms with Gasteiger partial charge in [0.25, 0.3) is 6.43 Å². The van der Waals surface area contributed by atoms with Crippen LogP contribution in [0.2, 0.25) is 0 Å². The van der Waals surface area contributed by atoms with Crippen LogP contribution in [0.15, 0.2) is 40.4 Å². The zero-order valence-electron chi connectivity index (χ0n) is 15.9. The van der Waals surface area contributed by atoms with Gasteiger partial charge in [0.2, 0.25) is 5.96 Å². The van der Waals surface area contributed by atoms with E-state index in [4.69, 9.17) is 4.74 Å². The number of carbonyl (C=O) groups excluding carboxylic acids is 1. The van der Waals surface area contributed by atoms with Gasteiger partial charge in [-0.2, -0.15) is 10.5 Å². The third-order valence-corrected chi connectivity index (χ3v) is 4.94. The smallest absolute Gasteiger partial charge is 0.340 e. The number of hydrogen-bond acceptors (Lipinski definition) is 7. The average molecular weight is 402 g/mol. The number of carbonyl (C=O) groups is 1. The van der Waals surface area contributed by atoms with E-state index in [-0.39, 0.29) is 12.4 Å². The molecule has 0 unspecified atom stereocenters. The van der Waals surface area contributed by atoms with Crippen LogP contribution in [0.1, 0.15) is 46.8 Å². The first-order valence-electron chi connectivity index (χ1n) is 9.25. The summed E-state index contributed by atoms with van der Waals surface area (Å²) in [7, 11) is 0. The van der Waals surface area contributed by atoms with E-state index in [2.05, 4.69) is 25.9 Å². The monoisotopic (exact) mass is 402 g/mol. The average Bonchev–Trinajstić information content (AvgIpc) is 3.26. The third-order valence-electron chi connectivity index (χ3n) is 4.94. The normalized spacial score (nSPS) is 20.9. The fraction of sp³-hybridized carbons (Fsp3) is 0.368. The van der Waals surface area contributed by atoms with E-state index >= 15 is 0 Å². The lowest BCUT2D eigenvalue weighted by Gasteiger charge is -2.21. The zero-order valence-corrected chi connectivity index (χ0v) is 15.9. The molecule has 0 amide bonds. The van der Waals surface area contributed by atoms with Crippen LogP contribution < -0.4 is 10.9 Å². The number of rotatable bonds is 5. The number of hydrazine groups is 1. The van der Waals surface area contributed by atoms with Crippen molar-refractivity contribution in [3.05, 3.63) is 52.8 Å². The zero-order chi connectivity index (χ0) is 20.5. The van der Waals surface area contributed by atoms with Gasteiger partial charge in [0.05, 0.1) is 17.5 Å². The molecule has 0 bridgehead atoms. The number of hydrogen-bond donors (Lipinski definition) is 2. The predicted octanol–water partition coefficient (Wildman–Crippen LogP) is 2.36. The van der Waals surface area contributed by atoms with Crippen molar-refractivity contribution in [3.63, 3.8) is 0 Å². The number of alkyl halides is 2. The molecule has 2 aromatic rings. The molecule has 1 aromatic heterocycles. The number of nitrogens with one attached hydrogen (secondary N) is 2. The first kappa shape index (κ1) is 19.2. The van der Waals surface area contributed by atoms with Gasteiger partial charge in [-0.25, -0.2) is 23.6 Å². The SMILES string of the molecule is CCn1ncc(C2=NC(NN[C@H]3OC(=O)c4ccccc43)=N[C@@H](C(F)F)C2)c1C. The standard InChI is InChI=1S/C19H20F2N6O2/c1-3-27-10(2)13(9-22-27)14-8-15(16(20)21)24-19(23-14)26-25-17-11-6-4-5-7-12(11)18(28)29-17/h4-7,9,15-17,25H,3,8H2,1-2H3,(H,24,26)/t15-,17+/m1/s1. The fourth-order valence-electron chi connectivity index (χ4n) is 3.41. The topological polar surface area (TPSA) is 92.9 Å². The number of esters is 1. The molecule has 0 spiro atoms. The number of nitrogens with zero attached hydrogens (tertiary/aromatic N) is 4. The molecular weight excluding hydrogens is 382 g/mol. The fourth-order valence-corrected chi connectivity index (χ4v) is 3.41. The van der Waals surface area contributed by atoms with Crippen LogP contribution in [-0.2, 0) is 11.3 Å². The summed E-state index contributed by atoms with van der Waals surface area (Å²) in [5, 5.41) is 4.26. The molecule has 3 heterocycles. The second kappa shape index (κ2) is 7.70. The summed E-state index contributed by atoms with van der Waals surface area (Å²) in [5.41, 5.74) is 8.68. The van der Waals surface area contributed by atoms with Gasteiger partial charge in [-0.3, -0.25) is 10.1 Å². The highest BCUT2D eigenvalue weighted by Crippen LogP contribution is 2.28. The summed E-state index contributed by atoms with van der Waals surface area (Å²) >= 11 is 0. The quantitative estimate of drug-likeness (QED) is 0.592. The lowest BCUT2D eigenvalue weighted by atomic mass is 10.0. The molecule has 0 fully saturated rings. The van der Waals surface area contributed by atoms with Crippen LogP contribution in [0.5, 0.6) is 0 Å². The number of aryl methyl sites for hydroxylation is 1. The van der Waals surface area contributed by atoms with Crippen molar-refractivity contribution < 1.29 is 18.3 Å². The molecule has 0 radical (unpaired) electrons. The molecule has 152 valence electrons. The predicted molar refractivity (Wildman–Crippen MR) is 102 cm³/mol. The summed E-state index contributed by atoms with van der Waals surface area (Å²) in [6.45, 7) is 4.50. The van der Waals surface area contributed by atoms with E-state index in [1.54, 1.807) is 35.1 Å². The molecule has 2 atom stereocenters. The van der Waals surface area contributed by atoms with E-state index in [1.165, 1.54) is 0 Å². The van der Waals surface area contributed by atoms with Gasteiger partial charge in [0.15, 0.2) is 6.23 Å². The van der Waals surface area contributed by atoms with Gasteiger partial charge in [-0.15, -0.1) is 0 Å². The Morgan fingerprint density at radius 3 is 2.83 bits per heavy atom. The summed E-state index contributed by atoms with van der Waals surface area (Å²) in [6.07, 6.45) is -1.76. The Hall–Kier alpha value is -3.14. The summed E-state index contributed by atoms with van der Waals surface area (Å²) < 4.78 is 33.9. The van der Waals surface area contributed by atoms with Gasteiger partial charge in [0, 0.05) is 29.8 Å². The second-order valence-electron chi connectivity index (χ2n) is 6.72. The molecule has 29 heavy (non-hydrogen) atoms. The van der Waals surface area contributed by atoms with Crippen molar-refractivity contribution in [1.82, 2.24) is 20.6 Å². The van der Waals surface area contributed by atoms with Gasteiger partial charge >= 0.3 is 5.97 Å². The Labute approximate surface area is 165 Å². The van der Waals surface area contributed by atoms with Crippen molar-refractivity contribution in [2.24, 2.45) is 9.98 Å². The first-order chi connectivity index (χ1) is 14.0. The molecule has 2 aliphatic heterocycles. The molecule has 2 aliphatic rings. The van der Waals surface area contributed by atoms with Gasteiger partial charge in [0.1, 0.15) is 6.04 Å². The number of aliphatic imine (C=N–C) groups is 2. The number of cyclic esters (lactones) is 1. The number of fused-ring (bicyclic) bond motifs is 1. The van der Waals surface area contributed by atoms with Crippen LogP contribution in [0.3, 0.4) is 0 Å². The van der Waals surface area contributed by atoms with Crippen molar-refractivity contribution in [2.45, 2.75) is 45.5 Å². The van der Waals surface area contributed by atoms with Gasteiger partial charge in [-0.05, 0) is 19.9 Å². The van der Waals surface area contributed by atoms with E-state index in [1.807, 2.05) is 13.8 Å². The number of ether oxygens (including phenoxy) is 1. The van der Waals surface area contributed by atoms with Crippen molar-refractivity contribution in [2.75, 3.05) is 0 Å². The minimum absolute atomic E-state index is 0.000582. The maximum atomic E-state index is 13.4. The van der Waals surface area contributed by atoms with Crippen molar-refractivity contribution >= 4 is 17.6 Å². The van der Waals surface area contributed by atoms with Crippen LogP contribution in [0, 0.1) is 6.92 Å². The Bertz CT molecular complexity index is 1000. The number of benzene rings is 1. The maximum Gasteiger partial charge on any atom is 0.340 e. The van der Waals surface area contributed by atoms with E-state index in [0.29, 0.717) is 28.9 Å². The lowest BCUT2D eigenvalue weighted by molar-refractivity contribution is 0.0288. The molecule has 0 saturated carbocycles. The van der Waals surface area contributed by atoms with E-state index < -0.39 is 24.7 Å². The molecule has 4 rings (SSSR count). The largest absolute Gasteiger partial charge is 0.437 e. The highest BCUT2D eigenvalue weighted by molar-refractivity contribution is 6.09. The van der Waals surface area contributed by atoms with E-state index in [0.717, 1.165) is 5.69 Å². The molecule has 1 aromatic carbocycles. The van der Waals surface area contributed by atoms with Crippen molar-refractivity contribution in [3.8, 4) is 0 Å². The molecule has 0 saturated heterocycles. The van der Waals surface area contributed by atoms with Crippen LogP contribution in [0.4, 0.5) is 8.78 Å². The summed E-state index contributed by atoms with van der Waals surface area (Å²) in [6, 6.07) is 5.71. The maximum absolute atomic E-state index is 13.4. The Kier molecular flexibility index (Phi) is 5.10. The number of halogens is 2. The number of guanidine groups is 1. The van der Waals surface area contributed by atoms with E-state index in [9.17, 15) is 13.6 Å². The summed E-state index contributed by atoms with van der Waals surface area (Å²) in [5.74, 6) is -0.455. The molecular formula is C19H20F2N6O2. The minimum Gasteiger partial charge on any atom is -0.437 e.